The highest BCUT2D eigenvalue weighted by Crippen LogP contribution is 2.46. The number of aliphatic hydroxyl groups excluding tert-OH is 1. The summed E-state index contributed by atoms with van der Waals surface area (Å²) in [6, 6.07) is 0.593. The van der Waals surface area contributed by atoms with Crippen LogP contribution in [0.2, 0.25) is 18.1 Å². The molecule has 0 bridgehead atoms. The third-order valence-electron chi connectivity index (χ3n) is 7.23. The largest absolute Gasteiger partial charge is 0.417 e. The fourth-order valence-electron chi connectivity index (χ4n) is 4.65. The van der Waals surface area contributed by atoms with Gasteiger partial charge in [0.15, 0.2) is 8.32 Å². The minimum atomic E-state index is -1.63. The van der Waals surface area contributed by atoms with Gasteiger partial charge in [0.25, 0.3) is 0 Å². The second-order valence-corrected chi connectivity index (χ2v) is 14.8. The van der Waals surface area contributed by atoms with Gasteiger partial charge in [-0.2, -0.15) is 0 Å². The Labute approximate surface area is 151 Å². The van der Waals surface area contributed by atoms with Gasteiger partial charge in [-0.1, -0.05) is 40.5 Å². The molecular weight excluding hydrogens is 314 g/mol. The van der Waals surface area contributed by atoms with Crippen molar-refractivity contribution in [3.05, 3.63) is 0 Å². The van der Waals surface area contributed by atoms with Gasteiger partial charge in [0, 0.05) is 24.8 Å². The summed E-state index contributed by atoms with van der Waals surface area (Å²) in [6.07, 6.45) is 8.92. The molecule has 1 saturated heterocycles. The molecule has 3 nitrogen and oxygen atoms in total. The Hall–Kier alpha value is 0.0969. The van der Waals surface area contributed by atoms with E-state index in [2.05, 4.69) is 46.1 Å². The van der Waals surface area contributed by atoms with Gasteiger partial charge < -0.3 is 14.8 Å². The number of piperidine rings is 1. The summed E-state index contributed by atoms with van der Waals surface area (Å²) in [6.45, 7) is 15.1. The summed E-state index contributed by atoms with van der Waals surface area (Å²) in [5, 5.41) is 14.0. The Balaban J connectivity index is 1.90. The first-order chi connectivity index (χ1) is 11.1. The summed E-state index contributed by atoms with van der Waals surface area (Å²) < 4.78 is 6.40. The Kier molecular flexibility index (Phi) is 6.61. The molecule has 142 valence electrons. The van der Waals surface area contributed by atoms with E-state index in [9.17, 15) is 5.11 Å². The second kappa shape index (κ2) is 7.77. The van der Waals surface area contributed by atoms with E-state index in [-0.39, 0.29) is 0 Å². The molecule has 2 aliphatic rings. The van der Waals surface area contributed by atoms with E-state index in [1.807, 2.05) is 0 Å². The van der Waals surface area contributed by atoms with Crippen molar-refractivity contribution in [1.82, 2.24) is 5.32 Å². The highest BCUT2D eigenvalue weighted by atomic mass is 28.4. The SMILES string of the molecule is C[C@@H](CO)[C@H]1CCC[C@]12CCC[C@H](CCO[Si](C)(C)C(C)(C)C)N2. The van der Waals surface area contributed by atoms with Crippen LogP contribution in [0.25, 0.3) is 0 Å². The third-order valence-corrected chi connectivity index (χ3v) is 11.8. The summed E-state index contributed by atoms with van der Waals surface area (Å²) >= 11 is 0. The maximum absolute atomic E-state index is 9.64. The lowest BCUT2D eigenvalue weighted by Crippen LogP contribution is -2.57. The van der Waals surface area contributed by atoms with Crippen LogP contribution in [0, 0.1) is 11.8 Å². The average molecular weight is 356 g/mol. The highest BCUT2D eigenvalue weighted by Gasteiger charge is 2.47. The lowest BCUT2D eigenvalue weighted by molar-refractivity contribution is 0.0828. The standard InChI is InChI=1S/C20H41NO2Si/c1-16(15-22)18-10-8-13-20(18)12-7-9-17(21-20)11-14-23-24(5,6)19(2,3)4/h16-18,21-22H,7-15H2,1-6H3/t16-,17+,18+,20+/m0/s1. The molecule has 4 atom stereocenters. The van der Waals surface area contributed by atoms with Crippen LogP contribution < -0.4 is 5.32 Å². The molecule has 2 fully saturated rings. The molecule has 0 radical (unpaired) electrons. The maximum Gasteiger partial charge on any atom is 0.191 e. The van der Waals surface area contributed by atoms with Crippen LogP contribution in [-0.4, -0.2) is 38.2 Å². The minimum Gasteiger partial charge on any atom is -0.417 e. The molecule has 1 spiro atoms. The van der Waals surface area contributed by atoms with Crippen molar-refractivity contribution in [3.8, 4) is 0 Å². The molecule has 2 N–H and O–H groups in total. The topological polar surface area (TPSA) is 41.5 Å². The molecule has 0 amide bonds. The van der Waals surface area contributed by atoms with Crippen LogP contribution in [0.1, 0.15) is 72.6 Å². The van der Waals surface area contributed by atoms with E-state index in [4.69, 9.17) is 4.43 Å². The van der Waals surface area contributed by atoms with Crippen LogP contribution in [0.5, 0.6) is 0 Å². The van der Waals surface area contributed by atoms with E-state index in [1.54, 1.807) is 0 Å². The molecule has 4 heteroatoms. The first kappa shape index (κ1) is 20.4. The van der Waals surface area contributed by atoms with Crippen molar-refractivity contribution < 1.29 is 9.53 Å². The molecule has 1 aliphatic heterocycles. The van der Waals surface area contributed by atoms with Crippen LogP contribution in [0.4, 0.5) is 0 Å². The van der Waals surface area contributed by atoms with Gasteiger partial charge >= 0.3 is 0 Å². The Morgan fingerprint density at radius 1 is 1.21 bits per heavy atom. The van der Waals surface area contributed by atoms with Crippen LogP contribution in [0.3, 0.4) is 0 Å². The number of hydrogen-bond acceptors (Lipinski definition) is 3. The predicted octanol–water partition coefficient (Wildman–Crippen LogP) is 4.71. The van der Waals surface area contributed by atoms with E-state index < -0.39 is 8.32 Å². The van der Waals surface area contributed by atoms with Crippen molar-refractivity contribution >= 4 is 8.32 Å². The van der Waals surface area contributed by atoms with Crippen molar-refractivity contribution in [1.29, 1.82) is 0 Å². The van der Waals surface area contributed by atoms with Gasteiger partial charge in [-0.25, -0.2) is 0 Å². The van der Waals surface area contributed by atoms with Gasteiger partial charge in [-0.15, -0.1) is 0 Å². The minimum absolute atomic E-state index is 0.293. The Bertz CT molecular complexity index is 407. The number of aliphatic hydroxyl groups is 1. The summed E-state index contributed by atoms with van der Waals surface area (Å²) in [5.41, 5.74) is 0.294. The van der Waals surface area contributed by atoms with Crippen molar-refractivity contribution in [2.24, 2.45) is 11.8 Å². The number of hydrogen-bond donors (Lipinski definition) is 2. The van der Waals surface area contributed by atoms with Gasteiger partial charge in [-0.3, -0.25) is 0 Å². The molecule has 24 heavy (non-hydrogen) atoms. The van der Waals surface area contributed by atoms with E-state index >= 15 is 0 Å². The van der Waals surface area contributed by atoms with Gasteiger partial charge in [-0.05, 0) is 62.1 Å². The van der Waals surface area contributed by atoms with Crippen molar-refractivity contribution in [2.75, 3.05) is 13.2 Å². The highest BCUT2D eigenvalue weighted by molar-refractivity contribution is 6.74. The summed E-state index contributed by atoms with van der Waals surface area (Å²) in [7, 11) is -1.63. The van der Waals surface area contributed by atoms with Gasteiger partial charge in [0.2, 0.25) is 0 Å². The summed E-state index contributed by atoms with van der Waals surface area (Å²) in [4.78, 5) is 0. The molecular formula is C20H41NO2Si. The van der Waals surface area contributed by atoms with Crippen LogP contribution in [-0.2, 0) is 4.43 Å². The first-order valence-electron chi connectivity index (χ1n) is 10.1. The van der Waals surface area contributed by atoms with Crippen LogP contribution in [0.15, 0.2) is 0 Å². The van der Waals surface area contributed by atoms with Crippen LogP contribution >= 0.6 is 0 Å². The molecule has 2 rings (SSSR count). The molecule has 0 aromatic rings. The molecule has 0 unspecified atom stereocenters. The quantitative estimate of drug-likeness (QED) is 0.678. The monoisotopic (exact) mass is 355 g/mol. The van der Waals surface area contributed by atoms with Crippen molar-refractivity contribution in [2.45, 2.75) is 102 Å². The summed E-state index contributed by atoms with van der Waals surface area (Å²) in [5.74, 6) is 1.06. The molecule has 0 aromatic heterocycles. The fraction of sp³-hybridized carbons (Fsp3) is 1.00. The lowest BCUT2D eigenvalue weighted by Gasteiger charge is -2.46. The maximum atomic E-state index is 9.64. The molecule has 0 aromatic carbocycles. The van der Waals surface area contributed by atoms with E-state index in [0.29, 0.717) is 35.1 Å². The zero-order valence-electron chi connectivity index (χ0n) is 17.0. The number of rotatable bonds is 6. The molecule has 1 aliphatic carbocycles. The fourth-order valence-corrected chi connectivity index (χ4v) is 5.71. The second-order valence-electron chi connectivity index (χ2n) is 9.95. The Morgan fingerprint density at radius 3 is 2.42 bits per heavy atom. The smallest absolute Gasteiger partial charge is 0.191 e. The van der Waals surface area contributed by atoms with E-state index in [1.165, 1.54) is 38.5 Å². The van der Waals surface area contributed by atoms with Gasteiger partial charge in [0.1, 0.15) is 0 Å². The van der Waals surface area contributed by atoms with Gasteiger partial charge in [0.05, 0.1) is 0 Å². The normalized spacial score (nSPS) is 33.1. The molecule has 1 heterocycles. The van der Waals surface area contributed by atoms with E-state index in [0.717, 1.165) is 13.0 Å². The third kappa shape index (κ3) is 4.43. The Morgan fingerprint density at radius 2 is 1.83 bits per heavy atom. The zero-order valence-corrected chi connectivity index (χ0v) is 18.0. The predicted molar refractivity (Wildman–Crippen MR) is 105 cm³/mol. The lowest BCUT2D eigenvalue weighted by atomic mass is 9.73. The zero-order chi connectivity index (χ0) is 18.0. The molecule has 1 saturated carbocycles. The average Bonchev–Trinajstić information content (AvgIpc) is 2.88. The van der Waals surface area contributed by atoms with Crippen molar-refractivity contribution in [3.63, 3.8) is 0 Å². The first-order valence-corrected chi connectivity index (χ1v) is 13.0. The number of nitrogens with one attached hydrogen (secondary N) is 1.